The molecule has 3 aliphatic heterocycles. The van der Waals surface area contributed by atoms with E-state index in [0.29, 0.717) is 32.5 Å². The van der Waals surface area contributed by atoms with Crippen LogP contribution in [-0.4, -0.2) is 80.9 Å². The van der Waals surface area contributed by atoms with Gasteiger partial charge >= 0.3 is 0 Å². The number of benzene rings is 1. The largest absolute Gasteiger partial charge is 0.396 e. The maximum absolute atomic E-state index is 14.7. The Morgan fingerprint density at radius 1 is 1.18 bits per heavy atom. The fourth-order valence-corrected chi connectivity index (χ4v) is 9.41. The Bertz CT molecular complexity index is 1150. The van der Waals surface area contributed by atoms with Gasteiger partial charge < -0.3 is 19.8 Å². The maximum atomic E-state index is 14.7. The van der Waals surface area contributed by atoms with Gasteiger partial charge in [0.2, 0.25) is 11.8 Å². The summed E-state index contributed by atoms with van der Waals surface area (Å²) in [5.41, 5.74) is 2.82. The van der Waals surface area contributed by atoms with Crippen LogP contribution in [-0.2, 0) is 14.4 Å². The number of amides is 3. The molecule has 7 nitrogen and oxygen atoms in total. The van der Waals surface area contributed by atoms with Crippen LogP contribution in [0, 0.1) is 25.7 Å². The van der Waals surface area contributed by atoms with Crippen LogP contribution in [0.2, 0.25) is 0 Å². The zero-order chi connectivity index (χ0) is 28.5. The van der Waals surface area contributed by atoms with Gasteiger partial charge in [-0.05, 0) is 63.6 Å². The molecule has 3 aliphatic rings. The monoisotopic (exact) mass is 553 g/mol. The molecule has 0 aliphatic carbocycles. The molecule has 1 aromatic rings. The first-order valence-electron chi connectivity index (χ1n) is 14.1. The second kappa shape index (κ2) is 11.5. The van der Waals surface area contributed by atoms with Crippen LogP contribution in [0.1, 0.15) is 50.7 Å². The summed E-state index contributed by atoms with van der Waals surface area (Å²) in [6.45, 7) is 17.4. The summed E-state index contributed by atoms with van der Waals surface area (Å²) in [4.78, 5) is 48.3. The Balaban J connectivity index is 1.81. The first-order valence-corrected chi connectivity index (χ1v) is 14.9. The van der Waals surface area contributed by atoms with Crippen molar-refractivity contribution >= 4 is 35.2 Å². The third-order valence-corrected chi connectivity index (χ3v) is 10.7. The molecular formula is C31H43N3O4S. The standard InChI is InChI=1S/C31H43N3O4S/c1-7-15-32(16-8-2)27(36)24-25-28(37)34(18-10-19-35)26(31(25)14-13-30(24,6)39-31)29(38)33(17-9-3)23-20-21(4)11-12-22(23)5/h7,9,11-12,20,24-26,35H,1,3,8,10,13-19H2,2,4-6H3/t24-,25+,26?,30+,31?/m1/s1. The summed E-state index contributed by atoms with van der Waals surface area (Å²) in [6, 6.07) is 5.32. The highest BCUT2D eigenvalue weighted by Crippen LogP contribution is 2.71. The Labute approximate surface area is 237 Å². The third kappa shape index (κ3) is 4.84. The third-order valence-electron chi connectivity index (χ3n) is 8.72. The van der Waals surface area contributed by atoms with E-state index >= 15 is 0 Å². The molecule has 3 heterocycles. The van der Waals surface area contributed by atoms with E-state index in [1.54, 1.807) is 33.7 Å². The molecule has 8 heteroatoms. The number of hydrogen-bond donors (Lipinski definition) is 1. The van der Waals surface area contributed by atoms with E-state index in [2.05, 4.69) is 20.1 Å². The van der Waals surface area contributed by atoms with Crippen LogP contribution in [0.15, 0.2) is 43.5 Å². The van der Waals surface area contributed by atoms with Crippen LogP contribution >= 0.6 is 11.8 Å². The van der Waals surface area contributed by atoms with Crippen LogP contribution in [0.4, 0.5) is 5.69 Å². The molecular weight excluding hydrogens is 510 g/mol. The van der Waals surface area contributed by atoms with E-state index in [9.17, 15) is 19.5 Å². The second-order valence-corrected chi connectivity index (χ2v) is 13.3. The average molecular weight is 554 g/mol. The SMILES string of the molecule is C=CCN(CCC)C(=O)[C@H]1[C@H]2C(=O)N(CCCO)C(C(=O)N(CC=C)c3cc(C)ccc3C)C23CC[C@]1(C)S3. The molecule has 2 unspecified atom stereocenters. The summed E-state index contributed by atoms with van der Waals surface area (Å²) in [6.07, 6.45) is 6.12. The number of fused-ring (bicyclic) bond motifs is 1. The van der Waals surface area contributed by atoms with E-state index in [0.717, 1.165) is 29.7 Å². The van der Waals surface area contributed by atoms with Crippen LogP contribution in [0.3, 0.4) is 0 Å². The normalized spacial score (nSPS) is 28.9. The number of carbonyl (C=O) groups excluding carboxylic acids is 3. The van der Waals surface area contributed by atoms with Crippen molar-refractivity contribution in [2.24, 2.45) is 11.8 Å². The number of thioether (sulfide) groups is 1. The van der Waals surface area contributed by atoms with Gasteiger partial charge in [0.05, 0.1) is 16.6 Å². The molecule has 0 radical (unpaired) electrons. The molecule has 0 aromatic heterocycles. The topological polar surface area (TPSA) is 81.2 Å². The lowest BCUT2D eigenvalue weighted by Crippen LogP contribution is -2.55. The van der Waals surface area contributed by atoms with E-state index in [1.165, 1.54) is 0 Å². The highest BCUT2D eigenvalue weighted by atomic mass is 32.2. The van der Waals surface area contributed by atoms with Crippen molar-refractivity contribution in [1.82, 2.24) is 9.80 Å². The molecule has 2 bridgehead atoms. The van der Waals surface area contributed by atoms with Gasteiger partial charge in [-0.1, -0.05) is 31.2 Å². The lowest BCUT2D eigenvalue weighted by atomic mass is 9.66. The molecule has 3 amide bonds. The van der Waals surface area contributed by atoms with E-state index in [-0.39, 0.29) is 30.9 Å². The Hall–Kier alpha value is -2.58. The smallest absolute Gasteiger partial charge is 0.251 e. The van der Waals surface area contributed by atoms with Gasteiger partial charge in [0.15, 0.2) is 0 Å². The zero-order valence-electron chi connectivity index (χ0n) is 23.8. The number of aliphatic hydroxyl groups is 1. The number of aliphatic hydroxyl groups excluding tert-OH is 1. The average Bonchev–Trinajstić information content (AvgIpc) is 3.47. The van der Waals surface area contributed by atoms with Gasteiger partial charge in [-0.2, -0.15) is 0 Å². The fourth-order valence-electron chi connectivity index (χ4n) is 7.07. The van der Waals surface area contributed by atoms with Crippen LogP contribution in [0.5, 0.6) is 0 Å². The number of hydrogen-bond acceptors (Lipinski definition) is 5. The van der Waals surface area contributed by atoms with Crippen molar-refractivity contribution in [3.05, 3.63) is 54.6 Å². The van der Waals surface area contributed by atoms with Crippen molar-refractivity contribution in [1.29, 1.82) is 0 Å². The first-order chi connectivity index (χ1) is 18.6. The molecule has 1 N–H and O–H groups in total. The molecule has 3 fully saturated rings. The summed E-state index contributed by atoms with van der Waals surface area (Å²) in [5.74, 6) is -1.36. The van der Waals surface area contributed by atoms with E-state index in [1.807, 2.05) is 43.9 Å². The molecule has 0 saturated carbocycles. The Kier molecular flexibility index (Phi) is 8.67. The molecule has 5 atom stereocenters. The minimum Gasteiger partial charge on any atom is -0.396 e. The van der Waals surface area contributed by atoms with Gasteiger partial charge in [0, 0.05) is 43.2 Å². The number of aryl methyl sites for hydroxylation is 2. The van der Waals surface area contributed by atoms with Crippen LogP contribution in [0.25, 0.3) is 0 Å². The van der Waals surface area contributed by atoms with Gasteiger partial charge in [0.1, 0.15) is 6.04 Å². The predicted molar refractivity (Wildman–Crippen MR) is 158 cm³/mol. The van der Waals surface area contributed by atoms with Crippen molar-refractivity contribution in [3.63, 3.8) is 0 Å². The number of anilines is 1. The maximum Gasteiger partial charge on any atom is 0.251 e. The number of rotatable bonds is 12. The van der Waals surface area contributed by atoms with Gasteiger partial charge in [-0.15, -0.1) is 24.9 Å². The highest BCUT2D eigenvalue weighted by Gasteiger charge is 2.77. The summed E-state index contributed by atoms with van der Waals surface area (Å²) < 4.78 is -1.11. The minimum absolute atomic E-state index is 0.0145. The molecule has 212 valence electrons. The van der Waals surface area contributed by atoms with Crippen LogP contribution < -0.4 is 4.90 Å². The van der Waals surface area contributed by atoms with Gasteiger partial charge in [-0.3, -0.25) is 14.4 Å². The molecule has 1 spiro atoms. The lowest BCUT2D eigenvalue weighted by molar-refractivity contribution is -0.145. The Morgan fingerprint density at radius 3 is 2.54 bits per heavy atom. The molecule has 1 aromatic carbocycles. The van der Waals surface area contributed by atoms with Crippen molar-refractivity contribution in [2.75, 3.05) is 37.7 Å². The summed E-state index contributed by atoms with van der Waals surface area (Å²) in [5, 5.41) is 9.66. The number of nitrogens with zero attached hydrogens (tertiary/aromatic N) is 3. The van der Waals surface area contributed by atoms with E-state index < -0.39 is 27.4 Å². The van der Waals surface area contributed by atoms with Crippen molar-refractivity contribution in [3.8, 4) is 0 Å². The number of likely N-dealkylation sites (tertiary alicyclic amines) is 1. The minimum atomic E-state index is -0.718. The van der Waals surface area contributed by atoms with Crippen molar-refractivity contribution in [2.45, 2.75) is 68.9 Å². The number of carbonyl (C=O) groups is 3. The molecule has 4 rings (SSSR count). The fraction of sp³-hybridized carbons (Fsp3) is 0.581. The lowest BCUT2D eigenvalue weighted by Gasteiger charge is -2.38. The predicted octanol–water partition coefficient (Wildman–Crippen LogP) is 4.11. The van der Waals surface area contributed by atoms with Crippen molar-refractivity contribution < 1.29 is 19.5 Å². The summed E-state index contributed by atoms with van der Waals surface area (Å²) in [7, 11) is 0. The van der Waals surface area contributed by atoms with E-state index in [4.69, 9.17) is 0 Å². The quantitative estimate of drug-likeness (QED) is 0.394. The molecule has 3 saturated heterocycles. The Morgan fingerprint density at radius 2 is 1.90 bits per heavy atom. The second-order valence-electron chi connectivity index (χ2n) is 11.4. The van der Waals surface area contributed by atoms with Gasteiger partial charge in [-0.25, -0.2) is 0 Å². The van der Waals surface area contributed by atoms with Gasteiger partial charge in [0.25, 0.3) is 5.91 Å². The molecule has 39 heavy (non-hydrogen) atoms. The summed E-state index contributed by atoms with van der Waals surface area (Å²) >= 11 is 1.69. The highest BCUT2D eigenvalue weighted by molar-refractivity contribution is 8.02. The zero-order valence-corrected chi connectivity index (χ0v) is 24.6. The first kappa shape index (κ1) is 29.4.